The quantitative estimate of drug-likeness (QED) is 0.474. The molecule has 9 heteroatoms. The van der Waals surface area contributed by atoms with Crippen LogP contribution in [0.15, 0.2) is 30.3 Å². The van der Waals surface area contributed by atoms with Crippen molar-refractivity contribution in [3.05, 3.63) is 35.9 Å². The second-order valence-electron chi connectivity index (χ2n) is 10.3. The lowest BCUT2D eigenvalue weighted by Crippen LogP contribution is -2.53. The number of likely N-dealkylation sites (tertiary alicyclic amines) is 1. The van der Waals surface area contributed by atoms with Gasteiger partial charge in [-0.05, 0) is 59.9 Å². The molecular weight excluding hydrogens is 440 g/mol. The fraction of sp³-hybridized carbons (Fsp3) is 0.600. The fourth-order valence-electron chi connectivity index (χ4n) is 3.50. The van der Waals surface area contributed by atoms with Gasteiger partial charge >= 0.3 is 18.0 Å². The van der Waals surface area contributed by atoms with Gasteiger partial charge in [0, 0.05) is 6.54 Å². The summed E-state index contributed by atoms with van der Waals surface area (Å²) in [6.07, 6.45) is -0.192. The lowest BCUT2D eigenvalue weighted by molar-refractivity contribution is -0.158. The first-order valence-electron chi connectivity index (χ1n) is 11.5. The summed E-state index contributed by atoms with van der Waals surface area (Å²) in [5.41, 5.74) is -0.712. The van der Waals surface area contributed by atoms with E-state index in [9.17, 15) is 19.2 Å². The van der Waals surface area contributed by atoms with Gasteiger partial charge in [-0.25, -0.2) is 9.59 Å². The molecule has 0 bridgehead atoms. The molecule has 0 aromatic heterocycles. The Morgan fingerprint density at radius 2 is 1.62 bits per heavy atom. The van der Waals surface area contributed by atoms with E-state index >= 15 is 0 Å². The molecule has 1 fully saturated rings. The third-order valence-corrected chi connectivity index (χ3v) is 4.81. The van der Waals surface area contributed by atoms with E-state index in [1.165, 1.54) is 4.90 Å². The summed E-state index contributed by atoms with van der Waals surface area (Å²) in [6, 6.07) is 7.20. The number of benzene rings is 1. The van der Waals surface area contributed by atoms with Crippen molar-refractivity contribution >= 4 is 23.9 Å². The van der Waals surface area contributed by atoms with Gasteiger partial charge in [0.1, 0.15) is 29.9 Å². The van der Waals surface area contributed by atoms with Crippen LogP contribution >= 0.6 is 0 Å². The molecular formula is C25H36N2O7. The van der Waals surface area contributed by atoms with Crippen LogP contribution < -0.4 is 5.32 Å². The molecule has 1 aliphatic heterocycles. The van der Waals surface area contributed by atoms with E-state index in [0.29, 0.717) is 19.4 Å². The van der Waals surface area contributed by atoms with Crippen molar-refractivity contribution in [2.24, 2.45) is 0 Å². The van der Waals surface area contributed by atoms with Crippen LogP contribution in [0.25, 0.3) is 0 Å². The van der Waals surface area contributed by atoms with Crippen LogP contribution in [-0.4, -0.2) is 58.7 Å². The van der Waals surface area contributed by atoms with E-state index in [1.807, 2.05) is 30.3 Å². The number of carbonyl (C=O) groups is 4. The Morgan fingerprint density at radius 3 is 2.21 bits per heavy atom. The van der Waals surface area contributed by atoms with Gasteiger partial charge in [0.05, 0.1) is 6.42 Å². The van der Waals surface area contributed by atoms with Crippen molar-refractivity contribution in [3.63, 3.8) is 0 Å². The van der Waals surface area contributed by atoms with Crippen LogP contribution in [0, 0.1) is 0 Å². The lowest BCUT2D eigenvalue weighted by Gasteiger charge is -2.29. The van der Waals surface area contributed by atoms with Crippen molar-refractivity contribution in [1.82, 2.24) is 10.2 Å². The highest BCUT2D eigenvalue weighted by atomic mass is 16.6. The minimum atomic E-state index is -1.24. The average molecular weight is 477 g/mol. The number of carbonyl (C=O) groups excluding carboxylic acids is 4. The second kappa shape index (κ2) is 11.4. The van der Waals surface area contributed by atoms with Crippen LogP contribution in [0.3, 0.4) is 0 Å². The maximum atomic E-state index is 13.4. The van der Waals surface area contributed by atoms with Crippen LogP contribution in [0.4, 0.5) is 4.79 Å². The largest absolute Gasteiger partial charge is 0.460 e. The van der Waals surface area contributed by atoms with Gasteiger partial charge in [-0.3, -0.25) is 9.59 Å². The van der Waals surface area contributed by atoms with Gasteiger partial charge in [0.15, 0.2) is 0 Å². The van der Waals surface area contributed by atoms with Crippen LogP contribution in [0.2, 0.25) is 0 Å². The number of ether oxygens (including phenoxy) is 3. The zero-order chi connectivity index (χ0) is 25.5. The first kappa shape index (κ1) is 27.1. The van der Waals surface area contributed by atoms with Gasteiger partial charge in [0.25, 0.3) is 0 Å². The Labute approximate surface area is 201 Å². The highest BCUT2D eigenvalue weighted by Gasteiger charge is 2.40. The molecule has 34 heavy (non-hydrogen) atoms. The molecule has 1 aromatic rings. The number of rotatable bonds is 7. The molecule has 188 valence electrons. The summed E-state index contributed by atoms with van der Waals surface area (Å²) in [6.45, 7) is 10.6. The second-order valence-corrected chi connectivity index (χ2v) is 10.3. The molecule has 2 amide bonds. The fourth-order valence-corrected chi connectivity index (χ4v) is 3.50. The third-order valence-electron chi connectivity index (χ3n) is 4.81. The first-order chi connectivity index (χ1) is 15.7. The summed E-state index contributed by atoms with van der Waals surface area (Å²) >= 11 is 0. The van der Waals surface area contributed by atoms with Crippen LogP contribution in [-0.2, 0) is 35.2 Å². The predicted octanol–water partition coefficient (Wildman–Crippen LogP) is 3.35. The number of hydrogen-bond acceptors (Lipinski definition) is 7. The van der Waals surface area contributed by atoms with E-state index in [1.54, 1.807) is 41.5 Å². The number of esters is 2. The zero-order valence-corrected chi connectivity index (χ0v) is 20.9. The summed E-state index contributed by atoms with van der Waals surface area (Å²) in [5, 5.41) is 2.48. The van der Waals surface area contributed by atoms with E-state index in [2.05, 4.69) is 5.32 Å². The number of nitrogens with zero attached hydrogens (tertiary/aromatic N) is 1. The molecule has 0 spiro atoms. The molecule has 1 aliphatic rings. The maximum absolute atomic E-state index is 13.4. The van der Waals surface area contributed by atoms with Gasteiger partial charge in [-0.15, -0.1) is 0 Å². The number of alkyl carbamates (subject to hydrolysis) is 1. The number of hydrogen-bond donors (Lipinski definition) is 1. The Hall–Kier alpha value is -3.10. The van der Waals surface area contributed by atoms with E-state index < -0.39 is 53.6 Å². The Balaban J connectivity index is 2.12. The Bertz CT molecular complexity index is 841. The standard InChI is InChI=1S/C25H36N2O7/c1-24(2,3)33-20(28)15-18(26-23(31)34-25(4,5)6)21(29)27-14-10-13-19(27)22(30)32-16-17-11-8-7-9-12-17/h7-9,11-12,18-19H,10,13-16H2,1-6H3,(H,26,31)/t18-,19-/m0/s1. The molecule has 0 unspecified atom stereocenters. The van der Waals surface area contributed by atoms with E-state index in [4.69, 9.17) is 14.2 Å². The molecule has 1 N–H and O–H groups in total. The smallest absolute Gasteiger partial charge is 0.408 e. The number of amides is 2. The molecule has 0 saturated carbocycles. The summed E-state index contributed by atoms with van der Waals surface area (Å²) in [7, 11) is 0. The number of nitrogens with one attached hydrogen (secondary N) is 1. The summed E-state index contributed by atoms with van der Waals surface area (Å²) < 4.78 is 16.0. The molecule has 1 saturated heterocycles. The van der Waals surface area contributed by atoms with E-state index in [-0.39, 0.29) is 6.61 Å². The lowest BCUT2D eigenvalue weighted by atomic mass is 10.1. The molecule has 0 radical (unpaired) electrons. The Morgan fingerprint density at radius 1 is 1.00 bits per heavy atom. The average Bonchev–Trinajstić information content (AvgIpc) is 3.19. The summed E-state index contributed by atoms with van der Waals surface area (Å²) in [5.74, 6) is -1.73. The first-order valence-corrected chi connectivity index (χ1v) is 11.5. The molecule has 2 atom stereocenters. The normalized spacial score (nSPS) is 17.0. The van der Waals surface area contributed by atoms with Gasteiger partial charge in [-0.2, -0.15) is 0 Å². The summed E-state index contributed by atoms with van der Waals surface area (Å²) in [4.78, 5) is 52.3. The van der Waals surface area contributed by atoms with E-state index in [0.717, 1.165) is 5.56 Å². The van der Waals surface area contributed by atoms with Gasteiger partial charge in [0.2, 0.25) is 5.91 Å². The topological polar surface area (TPSA) is 111 Å². The van der Waals surface area contributed by atoms with Crippen molar-refractivity contribution in [3.8, 4) is 0 Å². The maximum Gasteiger partial charge on any atom is 0.408 e. The van der Waals surface area contributed by atoms with Crippen molar-refractivity contribution < 1.29 is 33.4 Å². The highest BCUT2D eigenvalue weighted by Crippen LogP contribution is 2.22. The van der Waals surface area contributed by atoms with Gasteiger partial charge < -0.3 is 24.4 Å². The van der Waals surface area contributed by atoms with Crippen molar-refractivity contribution in [1.29, 1.82) is 0 Å². The zero-order valence-electron chi connectivity index (χ0n) is 20.9. The predicted molar refractivity (Wildman–Crippen MR) is 125 cm³/mol. The minimum Gasteiger partial charge on any atom is -0.460 e. The molecule has 0 aliphatic carbocycles. The van der Waals surface area contributed by atoms with Crippen LogP contribution in [0.1, 0.15) is 66.4 Å². The van der Waals surface area contributed by atoms with Gasteiger partial charge in [-0.1, -0.05) is 30.3 Å². The highest BCUT2D eigenvalue weighted by molar-refractivity contribution is 5.92. The van der Waals surface area contributed by atoms with Crippen molar-refractivity contribution in [2.75, 3.05) is 6.54 Å². The Kier molecular flexibility index (Phi) is 9.06. The van der Waals surface area contributed by atoms with Crippen molar-refractivity contribution in [2.45, 2.75) is 90.7 Å². The minimum absolute atomic E-state index is 0.0930. The third kappa shape index (κ3) is 9.03. The molecule has 1 aromatic carbocycles. The van der Waals surface area contributed by atoms with Crippen LogP contribution in [0.5, 0.6) is 0 Å². The monoisotopic (exact) mass is 476 g/mol. The molecule has 2 rings (SSSR count). The SMILES string of the molecule is CC(C)(C)OC(=O)C[C@H](NC(=O)OC(C)(C)C)C(=O)N1CCC[C@H]1C(=O)OCc1ccccc1. The molecule has 1 heterocycles. The molecule has 9 nitrogen and oxygen atoms in total.